The summed E-state index contributed by atoms with van der Waals surface area (Å²) >= 11 is 0. The van der Waals surface area contributed by atoms with Crippen LogP contribution in [0.4, 0.5) is 11.6 Å². The highest BCUT2D eigenvalue weighted by molar-refractivity contribution is 5.85. The molecule has 1 aromatic heterocycles. The average Bonchev–Trinajstić information content (AvgIpc) is 2.56. The largest absolute Gasteiger partial charge is 0.406 e. The second-order valence-corrected chi connectivity index (χ2v) is 4.19. The van der Waals surface area contributed by atoms with Crippen molar-refractivity contribution < 1.29 is 9.72 Å². The molecule has 0 unspecified atom stereocenters. The first-order chi connectivity index (χ1) is 8.00. The number of ketones is 1. The molecule has 17 heavy (non-hydrogen) atoms. The molecule has 1 fully saturated rings. The molecule has 0 spiro atoms. The summed E-state index contributed by atoms with van der Waals surface area (Å²) in [4.78, 5) is 27.5. The molecule has 0 saturated carbocycles. The van der Waals surface area contributed by atoms with Crippen molar-refractivity contribution in [1.82, 2.24) is 9.55 Å². The zero-order valence-electron chi connectivity index (χ0n) is 9.84. The van der Waals surface area contributed by atoms with E-state index in [-0.39, 0.29) is 18.1 Å². The van der Waals surface area contributed by atoms with Gasteiger partial charge in [-0.05, 0) is 16.3 Å². The predicted octanol–water partition coefficient (Wildman–Crippen LogP) is 0.806. The molecule has 2 rings (SSSR count). The van der Waals surface area contributed by atoms with Crippen molar-refractivity contribution in [1.29, 1.82) is 0 Å². The molecule has 0 aliphatic carbocycles. The molecule has 92 valence electrons. The monoisotopic (exact) mass is 238 g/mol. The second kappa shape index (κ2) is 4.15. The summed E-state index contributed by atoms with van der Waals surface area (Å²) in [6, 6.07) is 0. The molecule has 0 atom stereocenters. The first-order valence-corrected chi connectivity index (χ1v) is 5.45. The van der Waals surface area contributed by atoms with E-state index in [0.29, 0.717) is 24.6 Å². The van der Waals surface area contributed by atoms with Crippen LogP contribution >= 0.6 is 0 Å². The van der Waals surface area contributed by atoms with E-state index in [1.165, 1.54) is 0 Å². The minimum absolute atomic E-state index is 0.115. The van der Waals surface area contributed by atoms with Crippen molar-refractivity contribution in [2.24, 2.45) is 7.05 Å². The fourth-order valence-corrected chi connectivity index (χ4v) is 2.08. The number of carbonyl (C=O) groups is 1. The molecule has 1 aliphatic rings. The Balaban J connectivity index is 2.42. The topological polar surface area (TPSA) is 81.3 Å². The number of rotatable bonds is 2. The fourth-order valence-electron chi connectivity index (χ4n) is 2.08. The van der Waals surface area contributed by atoms with Gasteiger partial charge in [-0.2, -0.15) is 0 Å². The van der Waals surface area contributed by atoms with E-state index in [4.69, 9.17) is 0 Å². The molecule has 0 amide bonds. The van der Waals surface area contributed by atoms with Gasteiger partial charge in [0.15, 0.2) is 5.78 Å². The number of nitro groups is 1. The van der Waals surface area contributed by atoms with Crippen LogP contribution in [0.2, 0.25) is 0 Å². The van der Waals surface area contributed by atoms with Crippen LogP contribution in [0.3, 0.4) is 0 Å². The number of hydrogen-bond donors (Lipinski definition) is 0. The minimum atomic E-state index is -0.499. The Morgan fingerprint density at radius 1 is 1.47 bits per heavy atom. The second-order valence-electron chi connectivity index (χ2n) is 4.19. The molecule has 7 heteroatoms. The smallest absolute Gasteiger partial charge is 0.358 e. The van der Waals surface area contributed by atoms with Crippen molar-refractivity contribution in [3.8, 4) is 0 Å². The third-order valence-corrected chi connectivity index (χ3v) is 2.99. The van der Waals surface area contributed by atoms with Gasteiger partial charge in [-0.15, -0.1) is 0 Å². The quantitative estimate of drug-likeness (QED) is 0.562. The lowest BCUT2D eigenvalue weighted by Gasteiger charge is -2.26. The predicted molar refractivity (Wildman–Crippen MR) is 61.1 cm³/mol. The van der Waals surface area contributed by atoms with E-state index >= 15 is 0 Å². The van der Waals surface area contributed by atoms with Gasteiger partial charge in [0.1, 0.15) is 0 Å². The molecule has 1 saturated heterocycles. The summed E-state index contributed by atoms with van der Waals surface area (Å²) in [5, 5.41) is 10.9. The number of carbonyl (C=O) groups excluding carboxylic acids is 1. The lowest BCUT2D eigenvalue weighted by molar-refractivity contribution is -0.388. The fraction of sp³-hybridized carbons (Fsp3) is 0.600. The van der Waals surface area contributed by atoms with Crippen LogP contribution in [0.5, 0.6) is 0 Å². The Bertz CT molecular complexity index is 480. The Morgan fingerprint density at radius 3 is 2.76 bits per heavy atom. The van der Waals surface area contributed by atoms with Crippen LogP contribution in [-0.4, -0.2) is 33.3 Å². The normalized spacial score (nSPS) is 16.4. The first kappa shape index (κ1) is 11.6. The highest BCUT2D eigenvalue weighted by atomic mass is 16.6. The van der Waals surface area contributed by atoms with Gasteiger partial charge in [-0.25, -0.2) is 0 Å². The number of hydrogen-bond acceptors (Lipinski definition) is 5. The summed E-state index contributed by atoms with van der Waals surface area (Å²) in [6.07, 6.45) is 1.29. The standard InChI is InChI=1S/C10H14N4O3/c1-7-11-9(14(16)17)10(12(7)2)13-5-3-4-8(15)6-13/h3-6H2,1-2H3. The van der Waals surface area contributed by atoms with E-state index in [1.54, 1.807) is 23.4 Å². The number of anilines is 1. The maximum absolute atomic E-state index is 11.4. The van der Waals surface area contributed by atoms with Gasteiger partial charge in [-0.1, -0.05) is 0 Å². The van der Waals surface area contributed by atoms with Crippen molar-refractivity contribution >= 4 is 17.4 Å². The number of aromatic nitrogens is 2. The number of aryl methyl sites for hydroxylation is 1. The van der Waals surface area contributed by atoms with Crippen molar-refractivity contribution in [2.75, 3.05) is 18.0 Å². The summed E-state index contributed by atoms with van der Waals surface area (Å²) < 4.78 is 1.66. The Labute approximate surface area is 98.2 Å². The number of piperidine rings is 1. The first-order valence-electron chi connectivity index (χ1n) is 5.45. The van der Waals surface area contributed by atoms with Crippen molar-refractivity contribution in [3.63, 3.8) is 0 Å². The van der Waals surface area contributed by atoms with Crippen LogP contribution in [0.1, 0.15) is 18.7 Å². The minimum Gasteiger partial charge on any atom is -0.358 e. The van der Waals surface area contributed by atoms with Crippen LogP contribution in [0.25, 0.3) is 0 Å². The molecule has 0 radical (unpaired) electrons. The molecule has 7 nitrogen and oxygen atoms in total. The molecule has 0 aromatic carbocycles. The average molecular weight is 238 g/mol. The Morgan fingerprint density at radius 2 is 2.18 bits per heavy atom. The molecule has 2 heterocycles. The molecular weight excluding hydrogens is 224 g/mol. The zero-order chi connectivity index (χ0) is 12.6. The van der Waals surface area contributed by atoms with Gasteiger partial charge < -0.3 is 15.0 Å². The zero-order valence-corrected chi connectivity index (χ0v) is 9.84. The van der Waals surface area contributed by atoms with Gasteiger partial charge in [0.2, 0.25) is 11.6 Å². The summed E-state index contributed by atoms with van der Waals surface area (Å²) in [5.41, 5.74) is 0. The van der Waals surface area contributed by atoms with Gasteiger partial charge in [0, 0.05) is 26.9 Å². The van der Waals surface area contributed by atoms with Crippen molar-refractivity contribution in [2.45, 2.75) is 19.8 Å². The molecule has 1 aromatic rings. The lowest BCUT2D eigenvalue weighted by atomic mass is 10.1. The maximum atomic E-state index is 11.4. The van der Waals surface area contributed by atoms with E-state index in [1.807, 2.05) is 0 Å². The molecule has 0 N–H and O–H groups in total. The number of imidazole rings is 1. The molecular formula is C10H14N4O3. The van der Waals surface area contributed by atoms with E-state index in [2.05, 4.69) is 4.98 Å². The summed E-state index contributed by atoms with van der Waals surface area (Å²) in [5.74, 6) is 0.953. The van der Waals surface area contributed by atoms with Gasteiger partial charge >= 0.3 is 5.82 Å². The summed E-state index contributed by atoms with van der Waals surface area (Å²) in [7, 11) is 1.73. The molecule has 0 bridgehead atoms. The number of nitrogens with zero attached hydrogens (tertiary/aromatic N) is 4. The molecule has 1 aliphatic heterocycles. The van der Waals surface area contributed by atoms with Crippen LogP contribution < -0.4 is 4.90 Å². The maximum Gasteiger partial charge on any atom is 0.406 e. The van der Waals surface area contributed by atoms with Gasteiger partial charge in [-0.3, -0.25) is 9.36 Å². The lowest BCUT2D eigenvalue weighted by Crippen LogP contribution is -2.37. The number of Topliss-reactive ketones (excluding diaryl/α,β-unsaturated/α-hetero) is 1. The Kier molecular flexibility index (Phi) is 2.83. The Hall–Kier alpha value is -1.92. The van der Waals surface area contributed by atoms with Crippen LogP contribution in [0.15, 0.2) is 0 Å². The van der Waals surface area contributed by atoms with Gasteiger partial charge in [0.05, 0.1) is 6.54 Å². The van der Waals surface area contributed by atoms with Crippen molar-refractivity contribution in [3.05, 3.63) is 15.9 Å². The highest BCUT2D eigenvalue weighted by Crippen LogP contribution is 2.29. The summed E-state index contributed by atoms with van der Waals surface area (Å²) in [6.45, 7) is 2.60. The van der Waals surface area contributed by atoms with Gasteiger partial charge in [0.25, 0.3) is 0 Å². The van der Waals surface area contributed by atoms with E-state index in [9.17, 15) is 14.9 Å². The SMILES string of the molecule is Cc1nc([N+](=O)[O-])c(N2CCCC(=O)C2)n1C. The van der Waals surface area contributed by atoms with E-state index < -0.39 is 4.92 Å². The third-order valence-electron chi connectivity index (χ3n) is 2.99. The highest BCUT2D eigenvalue weighted by Gasteiger charge is 2.30. The van der Waals surface area contributed by atoms with Crippen LogP contribution in [-0.2, 0) is 11.8 Å². The van der Waals surface area contributed by atoms with E-state index in [0.717, 1.165) is 6.42 Å². The van der Waals surface area contributed by atoms with Crippen LogP contribution in [0, 0.1) is 17.0 Å². The third kappa shape index (κ3) is 2.00.